The van der Waals surface area contributed by atoms with Gasteiger partial charge in [0.05, 0.1) is 14.2 Å². The zero-order valence-corrected chi connectivity index (χ0v) is 11.0. The molecule has 0 spiro atoms. The highest BCUT2D eigenvalue weighted by Gasteiger charge is 2.07. The van der Waals surface area contributed by atoms with Gasteiger partial charge < -0.3 is 15.2 Å². The van der Waals surface area contributed by atoms with Crippen LogP contribution in [0.4, 0.5) is 0 Å². The minimum atomic E-state index is 0.614. The fourth-order valence-corrected chi connectivity index (χ4v) is 1.46. The van der Waals surface area contributed by atoms with E-state index < -0.39 is 0 Å². The van der Waals surface area contributed by atoms with Gasteiger partial charge in [0.2, 0.25) is 0 Å². The average molecular weight is 225 g/mol. The van der Waals surface area contributed by atoms with Crippen LogP contribution in [0.5, 0.6) is 11.5 Å². The molecule has 0 saturated carbocycles. The summed E-state index contributed by atoms with van der Waals surface area (Å²) in [5.41, 5.74) is 7.69. The molecule has 3 nitrogen and oxygen atoms in total. The summed E-state index contributed by atoms with van der Waals surface area (Å²) in [5, 5.41) is 0. The van der Waals surface area contributed by atoms with Gasteiger partial charge >= 0.3 is 0 Å². The van der Waals surface area contributed by atoms with Crippen molar-refractivity contribution in [3.63, 3.8) is 0 Å². The molecule has 3 heteroatoms. The zero-order chi connectivity index (χ0) is 12.6. The SMILES string of the molecule is CC.COc1cc(CCN)c(OC)cc1C. The van der Waals surface area contributed by atoms with Crippen LogP contribution in [0.3, 0.4) is 0 Å². The van der Waals surface area contributed by atoms with Crippen LogP contribution in [-0.2, 0) is 6.42 Å². The summed E-state index contributed by atoms with van der Waals surface area (Å²) >= 11 is 0. The molecule has 0 amide bonds. The summed E-state index contributed by atoms with van der Waals surface area (Å²) in [6, 6.07) is 3.96. The third-order valence-corrected chi connectivity index (χ3v) is 2.21. The van der Waals surface area contributed by atoms with Gasteiger partial charge in [0.25, 0.3) is 0 Å². The van der Waals surface area contributed by atoms with Crippen molar-refractivity contribution in [3.05, 3.63) is 23.3 Å². The van der Waals surface area contributed by atoms with Gasteiger partial charge in [0, 0.05) is 0 Å². The minimum Gasteiger partial charge on any atom is -0.496 e. The van der Waals surface area contributed by atoms with Crippen LogP contribution in [-0.4, -0.2) is 20.8 Å². The van der Waals surface area contributed by atoms with Crippen LogP contribution in [0.15, 0.2) is 12.1 Å². The molecular weight excluding hydrogens is 202 g/mol. The van der Waals surface area contributed by atoms with Crippen molar-refractivity contribution in [2.45, 2.75) is 27.2 Å². The highest BCUT2D eigenvalue weighted by molar-refractivity contribution is 5.46. The van der Waals surface area contributed by atoms with Crippen LogP contribution in [0, 0.1) is 6.92 Å². The maximum absolute atomic E-state index is 5.52. The molecule has 0 aliphatic carbocycles. The third-order valence-electron chi connectivity index (χ3n) is 2.21. The molecule has 0 aliphatic heterocycles. The normalized spacial score (nSPS) is 9.12. The largest absolute Gasteiger partial charge is 0.496 e. The Balaban J connectivity index is 0.00000106. The molecule has 0 radical (unpaired) electrons. The summed E-state index contributed by atoms with van der Waals surface area (Å²) < 4.78 is 10.5. The van der Waals surface area contributed by atoms with Crippen LogP contribution < -0.4 is 15.2 Å². The number of benzene rings is 1. The first-order chi connectivity index (χ1) is 7.72. The second-order valence-corrected chi connectivity index (χ2v) is 3.17. The van der Waals surface area contributed by atoms with Crippen molar-refractivity contribution in [3.8, 4) is 11.5 Å². The first-order valence-electron chi connectivity index (χ1n) is 5.64. The standard InChI is InChI=1S/C11H17NO2.C2H6/c1-8-6-11(14-3)9(4-5-12)7-10(8)13-2;1-2/h6-7H,4-5,12H2,1-3H3;1-2H3. The van der Waals surface area contributed by atoms with E-state index in [-0.39, 0.29) is 0 Å². The number of hydrogen-bond acceptors (Lipinski definition) is 3. The maximum Gasteiger partial charge on any atom is 0.122 e. The van der Waals surface area contributed by atoms with E-state index in [1.807, 2.05) is 32.9 Å². The first kappa shape index (κ1) is 14.8. The molecule has 0 bridgehead atoms. The van der Waals surface area contributed by atoms with E-state index in [1.54, 1.807) is 14.2 Å². The van der Waals surface area contributed by atoms with E-state index in [4.69, 9.17) is 15.2 Å². The van der Waals surface area contributed by atoms with E-state index in [9.17, 15) is 0 Å². The number of aryl methyl sites for hydroxylation is 1. The lowest BCUT2D eigenvalue weighted by Gasteiger charge is -2.12. The summed E-state index contributed by atoms with van der Waals surface area (Å²) in [6.45, 7) is 6.61. The third kappa shape index (κ3) is 3.74. The Morgan fingerprint density at radius 2 is 1.62 bits per heavy atom. The Morgan fingerprint density at radius 1 is 1.06 bits per heavy atom. The van der Waals surface area contributed by atoms with Gasteiger partial charge in [-0.3, -0.25) is 0 Å². The lowest BCUT2D eigenvalue weighted by atomic mass is 10.1. The molecule has 0 unspecified atom stereocenters. The second-order valence-electron chi connectivity index (χ2n) is 3.17. The molecule has 16 heavy (non-hydrogen) atoms. The highest BCUT2D eigenvalue weighted by atomic mass is 16.5. The molecule has 1 aromatic rings. The summed E-state index contributed by atoms with van der Waals surface area (Å²) in [7, 11) is 3.34. The number of ether oxygens (including phenoxy) is 2. The Morgan fingerprint density at radius 3 is 2.06 bits per heavy atom. The highest BCUT2D eigenvalue weighted by Crippen LogP contribution is 2.28. The molecule has 1 rings (SSSR count). The van der Waals surface area contributed by atoms with Crippen LogP contribution in [0.25, 0.3) is 0 Å². The van der Waals surface area contributed by atoms with Crippen LogP contribution in [0.1, 0.15) is 25.0 Å². The fraction of sp³-hybridized carbons (Fsp3) is 0.538. The topological polar surface area (TPSA) is 44.5 Å². The van der Waals surface area contributed by atoms with E-state index in [2.05, 4.69) is 0 Å². The molecule has 2 N–H and O–H groups in total. The van der Waals surface area contributed by atoms with Crippen molar-refractivity contribution in [1.29, 1.82) is 0 Å². The number of hydrogen-bond donors (Lipinski definition) is 1. The van der Waals surface area contributed by atoms with E-state index in [0.717, 1.165) is 29.0 Å². The van der Waals surface area contributed by atoms with Gasteiger partial charge in [-0.25, -0.2) is 0 Å². The quantitative estimate of drug-likeness (QED) is 0.856. The molecule has 0 atom stereocenters. The molecule has 1 aromatic carbocycles. The monoisotopic (exact) mass is 225 g/mol. The lowest BCUT2D eigenvalue weighted by Crippen LogP contribution is -2.05. The second kappa shape index (κ2) is 7.99. The molecule has 92 valence electrons. The van der Waals surface area contributed by atoms with Crippen molar-refractivity contribution in [2.24, 2.45) is 5.73 Å². The Bertz CT molecular complexity index is 311. The number of methoxy groups -OCH3 is 2. The van der Waals surface area contributed by atoms with E-state index in [0.29, 0.717) is 6.54 Å². The summed E-state index contributed by atoms with van der Waals surface area (Å²) in [4.78, 5) is 0. The zero-order valence-electron chi connectivity index (χ0n) is 11.0. The van der Waals surface area contributed by atoms with Gasteiger partial charge in [0.1, 0.15) is 11.5 Å². The molecule has 0 aliphatic rings. The molecule has 0 saturated heterocycles. The predicted octanol–water partition coefficient (Wildman–Crippen LogP) is 2.54. The van der Waals surface area contributed by atoms with Crippen molar-refractivity contribution in [1.82, 2.24) is 0 Å². The van der Waals surface area contributed by atoms with Gasteiger partial charge in [-0.05, 0) is 43.1 Å². The van der Waals surface area contributed by atoms with Crippen molar-refractivity contribution in [2.75, 3.05) is 20.8 Å². The lowest BCUT2D eigenvalue weighted by molar-refractivity contribution is 0.396. The number of nitrogens with two attached hydrogens (primary N) is 1. The first-order valence-corrected chi connectivity index (χ1v) is 5.64. The van der Waals surface area contributed by atoms with Crippen molar-refractivity contribution >= 4 is 0 Å². The van der Waals surface area contributed by atoms with Gasteiger partial charge in [-0.2, -0.15) is 0 Å². The average Bonchev–Trinajstić information content (AvgIpc) is 2.33. The van der Waals surface area contributed by atoms with Crippen LogP contribution in [0.2, 0.25) is 0 Å². The molecule has 0 fully saturated rings. The Labute approximate surface area is 98.6 Å². The smallest absolute Gasteiger partial charge is 0.122 e. The molecule has 0 aromatic heterocycles. The van der Waals surface area contributed by atoms with Crippen molar-refractivity contribution < 1.29 is 9.47 Å². The predicted molar refractivity (Wildman–Crippen MR) is 68.4 cm³/mol. The Kier molecular flexibility index (Phi) is 7.38. The van der Waals surface area contributed by atoms with E-state index >= 15 is 0 Å². The van der Waals surface area contributed by atoms with Gasteiger partial charge in [0.15, 0.2) is 0 Å². The van der Waals surface area contributed by atoms with E-state index in [1.165, 1.54) is 0 Å². The molecular formula is C13H23NO2. The minimum absolute atomic E-state index is 0.614. The molecule has 0 heterocycles. The summed E-state index contributed by atoms with van der Waals surface area (Å²) in [6.07, 6.45) is 0.805. The van der Waals surface area contributed by atoms with Gasteiger partial charge in [-0.15, -0.1) is 0 Å². The summed E-state index contributed by atoms with van der Waals surface area (Å²) in [5.74, 6) is 1.77. The Hall–Kier alpha value is -1.22. The van der Waals surface area contributed by atoms with Crippen LogP contribution >= 0.6 is 0 Å². The number of rotatable bonds is 4. The fourth-order valence-electron chi connectivity index (χ4n) is 1.46. The van der Waals surface area contributed by atoms with Gasteiger partial charge in [-0.1, -0.05) is 13.8 Å². The maximum atomic E-state index is 5.52.